The Labute approximate surface area is 120 Å². The van der Waals surface area contributed by atoms with Crippen LogP contribution in [0, 0.1) is 12.8 Å². The molecule has 2 rings (SSSR count). The first kappa shape index (κ1) is 14.9. The lowest BCUT2D eigenvalue weighted by molar-refractivity contribution is -0.124. The van der Waals surface area contributed by atoms with Gasteiger partial charge in [0.2, 0.25) is 5.91 Å². The van der Waals surface area contributed by atoms with Crippen LogP contribution in [0.2, 0.25) is 0 Å². The SMILES string of the molecule is Cc1cccc(OCCC(=O)NC(C)(CO)C2CC2)c1. The fourth-order valence-corrected chi connectivity index (χ4v) is 2.34. The Kier molecular flexibility index (Phi) is 4.65. The summed E-state index contributed by atoms with van der Waals surface area (Å²) in [6.07, 6.45) is 2.46. The van der Waals surface area contributed by atoms with Gasteiger partial charge in [0.05, 0.1) is 25.2 Å². The molecule has 1 unspecified atom stereocenters. The molecule has 0 heterocycles. The van der Waals surface area contributed by atoms with Crippen molar-refractivity contribution in [1.82, 2.24) is 5.32 Å². The molecule has 0 radical (unpaired) electrons. The Morgan fingerprint density at radius 3 is 2.85 bits per heavy atom. The third kappa shape index (κ3) is 3.97. The number of carbonyl (C=O) groups is 1. The molecule has 1 fully saturated rings. The highest BCUT2D eigenvalue weighted by atomic mass is 16.5. The lowest BCUT2D eigenvalue weighted by atomic mass is 9.97. The Bertz CT molecular complexity index is 471. The van der Waals surface area contributed by atoms with Crippen LogP contribution in [0.4, 0.5) is 0 Å². The zero-order chi connectivity index (χ0) is 14.6. The minimum Gasteiger partial charge on any atom is -0.493 e. The van der Waals surface area contributed by atoms with Gasteiger partial charge in [-0.1, -0.05) is 12.1 Å². The third-order valence-corrected chi connectivity index (χ3v) is 3.82. The monoisotopic (exact) mass is 277 g/mol. The van der Waals surface area contributed by atoms with Crippen LogP contribution in [0.15, 0.2) is 24.3 Å². The van der Waals surface area contributed by atoms with E-state index in [9.17, 15) is 9.90 Å². The van der Waals surface area contributed by atoms with E-state index in [0.29, 0.717) is 18.9 Å². The Hall–Kier alpha value is -1.55. The zero-order valence-corrected chi connectivity index (χ0v) is 12.2. The highest BCUT2D eigenvalue weighted by Gasteiger charge is 2.41. The number of aryl methyl sites for hydroxylation is 1. The van der Waals surface area contributed by atoms with E-state index >= 15 is 0 Å². The molecule has 1 aromatic carbocycles. The topological polar surface area (TPSA) is 58.6 Å². The summed E-state index contributed by atoms with van der Waals surface area (Å²) in [7, 11) is 0. The fraction of sp³-hybridized carbons (Fsp3) is 0.562. The predicted octanol–water partition coefficient (Wildman–Crippen LogP) is 2.04. The number of amides is 1. The second kappa shape index (κ2) is 6.27. The number of hydrogen-bond acceptors (Lipinski definition) is 3. The molecule has 110 valence electrons. The summed E-state index contributed by atoms with van der Waals surface area (Å²) in [6, 6.07) is 7.76. The summed E-state index contributed by atoms with van der Waals surface area (Å²) in [5.41, 5.74) is 0.661. The molecular weight excluding hydrogens is 254 g/mol. The van der Waals surface area contributed by atoms with Gasteiger partial charge in [-0.3, -0.25) is 4.79 Å². The smallest absolute Gasteiger partial charge is 0.223 e. The van der Waals surface area contributed by atoms with Crippen molar-refractivity contribution in [3.8, 4) is 5.75 Å². The maximum atomic E-state index is 11.9. The Morgan fingerprint density at radius 2 is 2.25 bits per heavy atom. The van der Waals surface area contributed by atoms with E-state index in [1.165, 1.54) is 0 Å². The number of ether oxygens (including phenoxy) is 1. The number of aliphatic hydroxyl groups is 1. The summed E-state index contributed by atoms with van der Waals surface area (Å²) in [6.45, 7) is 4.25. The van der Waals surface area contributed by atoms with Crippen molar-refractivity contribution < 1.29 is 14.6 Å². The van der Waals surface area contributed by atoms with Crippen LogP contribution in [0.25, 0.3) is 0 Å². The van der Waals surface area contributed by atoms with Crippen molar-refractivity contribution in [1.29, 1.82) is 0 Å². The highest BCUT2D eigenvalue weighted by Crippen LogP contribution is 2.39. The number of aliphatic hydroxyl groups excluding tert-OH is 1. The highest BCUT2D eigenvalue weighted by molar-refractivity contribution is 5.77. The largest absolute Gasteiger partial charge is 0.493 e. The van der Waals surface area contributed by atoms with Crippen LogP contribution in [-0.2, 0) is 4.79 Å². The summed E-state index contributed by atoms with van der Waals surface area (Å²) < 4.78 is 5.56. The van der Waals surface area contributed by atoms with Crippen molar-refractivity contribution >= 4 is 5.91 Å². The molecule has 1 aromatic rings. The molecule has 1 saturated carbocycles. The maximum absolute atomic E-state index is 11.9. The average molecular weight is 277 g/mol. The quantitative estimate of drug-likeness (QED) is 0.802. The predicted molar refractivity (Wildman–Crippen MR) is 77.6 cm³/mol. The first-order valence-electron chi connectivity index (χ1n) is 7.15. The molecule has 1 amide bonds. The molecule has 1 atom stereocenters. The van der Waals surface area contributed by atoms with E-state index in [0.717, 1.165) is 24.2 Å². The fourth-order valence-electron chi connectivity index (χ4n) is 2.34. The number of carbonyl (C=O) groups excluding carboxylic acids is 1. The van der Waals surface area contributed by atoms with Crippen molar-refractivity contribution in [2.45, 2.75) is 38.6 Å². The van der Waals surface area contributed by atoms with Crippen LogP contribution in [0.3, 0.4) is 0 Å². The van der Waals surface area contributed by atoms with Gasteiger partial charge < -0.3 is 15.2 Å². The van der Waals surface area contributed by atoms with Crippen LogP contribution < -0.4 is 10.1 Å². The van der Waals surface area contributed by atoms with Gasteiger partial charge in [0.25, 0.3) is 0 Å². The molecule has 0 aromatic heterocycles. The first-order valence-corrected chi connectivity index (χ1v) is 7.15. The summed E-state index contributed by atoms with van der Waals surface area (Å²) in [4.78, 5) is 11.9. The number of benzene rings is 1. The summed E-state index contributed by atoms with van der Waals surface area (Å²) in [5.74, 6) is 1.13. The lowest BCUT2D eigenvalue weighted by Gasteiger charge is -2.28. The van der Waals surface area contributed by atoms with Gasteiger partial charge in [0, 0.05) is 0 Å². The Morgan fingerprint density at radius 1 is 1.50 bits per heavy atom. The molecule has 4 nitrogen and oxygen atoms in total. The molecule has 4 heteroatoms. The Balaban J connectivity index is 1.75. The second-order valence-electron chi connectivity index (χ2n) is 5.81. The molecule has 1 aliphatic carbocycles. The maximum Gasteiger partial charge on any atom is 0.223 e. The normalized spacial score (nSPS) is 17.4. The van der Waals surface area contributed by atoms with E-state index in [-0.39, 0.29) is 12.5 Å². The van der Waals surface area contributed by atoms with E-state index in [1.54, 1.807) is 0 Å². The van der Waals surface area contributed by atoms with E-state index in [2.05, 4.69) is 5.32 Å². The van der Waals surface area contributed by atoms with Crippen LogP contribution in [-0.4, -0.2) is 29.8 Å². The molecule has 0 spiro atoms. The van der Waals surface area contributed by atoms with Crippen molar-refractivity contribution in [3.05, 3.63) is 29.8 Å². The lowest BCUT2D eigenvalue weighted by Crippen LogP contribution is -2.51. The number of nitrogens with one attached hydrogen (secondary N) is 1. The van der Waals surface area contributed by atoms with Gasteiger partial charge in [-0.2, -0.15) is 0 Å². The summed E-state index contributed by atoms with van der Waals surface area (Å²) >= 11 is 0. The zero-order valence-electron chi connectivity index (χ0n) is 12.2. The minimum absolute atomic E-state index is 0.0118. The number of rotatable bonds is 7. The molecule has 0 bridgehead atoms. The third-order valence-electron chi connectivity index (χ3n) is 3.82. The van der Waals surface area contributed by atoms with E-state index in [4.69, 9.17) is 4.74 Å². The molecular formula is C16H23NO3. The summed E-state index contributed by atoms with van der Waals surface area (Å²) in [5, 5.41) is 12.4. The van der Waals surface area contributed by atoms with E-state index < -0.39 is 5.54 Å². The first-order chi connectivity index (χ1) is 9.53. The van der Waals surface area contributed by atoms with Gasteiger partial charge in [-0.15, -0.1) is 0 Å². The van der Waals surface area contributed by atoms with Crippen LogP contribution in [0.5, 0.6) is 5.75 Å². The molecule has 0 saturated heterocycles. The standard InChI is InChI=1S/C16H23NO3/c1-12-4-3-5-14(10-12)20-9-8-15(19)17-16(2,11-18)13-6-7-13/h3-5,10,13,18H,6-9,11H2,1-2H3,(H,17,19). The van der Waals surface area contributed by atoms with Gasteiger partial charge in [-0.05, 0) is 50.3 Å². The van der Waals surface area contributed by atoms with Crippen molar-refractivity contribution in [2.75, 3.05) is 13.2 Å². The van der Waals surface area contributed by atoms with Gasteiger partial charge in [-0.25, -0.2) is 0 Å². The molecule has 0 aliphatic heterocycles. The molecule has 2 N–H and O–H groups in total. The van der Waals surface area contributed by atoms with Crippen LogP contribution >= 0.6 is 0 Å². The second-order valence-corrected chi connectivity index (χ2v) is 5.81. The number of hydrogen-bond donors (Lipinski definition) is 2. The molecule has 20 heavy (non-hydrogen) atoms. The molecule has 1 aliphatic rings. The van der Waals surface area contributed by atoms with E-state index in [1.807, 2.05) is 38.1 Å². The average Bonchev–Trinajstić information content (AvgIpc) is 3.23. The van der Waals surface area contributed by atoms with Gasteiger partial charge in [0.1, 0.15) is 5.75 Å². The van der Waals surface area contributed by atoms with Crippen molar-refractivity contribution in [3.63, 3.8) is 0 Å². The van der Waals surface area contributed by atoms with Gasteiger partial charge in [0.15, 0.2) is 0 Å². The van der Waals surface area contributed by atoms with Gasteiger partial charge >= 0.3 is 0 Å². The van der Waals surface area contributed by atoms with Crippen LogP contribution in [0.1, 0.15) is 31.7 Å². The minimum atomic E-state index is -0.472. The van der Waals surface area contributed by atoms with Crippen molar-refractivity contribution in [2.24, 2.45) is 5.92 Å².